The zero-order valence-corrected chi connectivity index (χ0v) is 17.4. The number of methoxy groups -OCH3 is 1. The van der Waals surface area contributed by atoms with Crippen LogP contribution in [0, 0.1) is 27.3 Å². The van der Waals surface area contributed by atoms with Crippen LogP contribution in [0.5, 0.6) is 11.5 Å². The fourth-order valence-electron chi connectivity index (χ4n) is 2.95. The lowest BCUT2D eigenvalue weighted by molar-refractivity contribution is -0.384. The minimum Gasteiger partial charge on any atom is -0.493 e. The van der Waals surface area contributed by atoms with E-state index < -0.39 is 16.6 Å². The Morgan fingerprint density at radius 3 is 2.58 bits per heavy atom. The largest absolute Gasteiger partial charge is 0.493 e. The van der Waals surface area contributed by atoms with E-state index in [0.717, 1.165) is 0 Å². The summed E-state index contributed by atoms with van der Waals surface area (Å²) >= 11 is 0. The van der Waals surface area contributed by atoms with Crippen LogP contribution in [0.25, 0.3) is 11.6 Å². The zero-order valence-electron chi connectivity index (χ0n) is 17.4. The molecule has 0 saturated carbocycles. The van der Waals surface area contributed by atoms with Gasteiger partial charge in [0.05, 0.1) is 23.7 Å². The average molecular weight is 447 g/mol. The van der Waals surface area contributed by atoms with Crippen LogP contribution in [0.3, 0.4) is 0 Å². The van der Waals surface area contributed by atoms with Gasteiger partial charge in [0.1, 0.15) is 5.82 Å². The fourth-order valence-corrected chi connectivity index (χ4v) is 2.95. The van der Waals surface area contributed by atoms with Crippen LogP contribution in [-0.4, -0.2) is 24.5 Å². The summed E-state index contributed by atoms with van der Waals surface area (Å²) in [6, 6.07) is 18.0. The molecule has 0 unspecified atom stereocenters. The van der Waals surface area contributed by atoms with E-state index in [0.29, 0.717) is 22.6 Å². The number of nitrogens with one attached hydrogen (secondary N) is 1. The third-order valence-corrected chi connectivity index (χ3v) is 4.49. The summed E-state index contributed by atoms with van der Waals surface area (Å²) in [4.78, 5) is 22.8. The quantitative estimate of drug-likeness (QED) is 0.229. The van der Waals surface area contributed by atoms with Gasteiger partial charge in [0.25, 0.3) is 11.6 Å². The first-order chi connectivity index (χ1) is 15.9. The molecule has 0 aliphatic rings. The molecule has 0 fully saturated rings. The summed E-state index contributed by atoms with van der Waals surface area (Å²) in [7, 11) is 1.43. The number of benzene rings is 3. The van der Waals surface area contributed by atoms with Gasteiger partial charge in [0, 0.05) is 23.4 Å². The van der Waals surface area contributed by atoms with Gasteiger partial charge in [-0.05, 0) is 42.0 Å². The number of non-ortho nitro benzene ring substituents is 1. The predicted molar refractivity (Wildman–Crippen MR) is 120 cm³/mol. The highest BCUT2D eigenvalue weighted by Gasteiger charge is 2.14. The number of nitro groups is 1. The van der Waals surface area contributed by atoms with Crippen molar-refractivity contribution in [2.75, 3.05) is 19.0 Å². The average Bonchev–Trinajstić information content (AvgIpc) is 2.82. The second kappa shape index (κ2) is 10.5. The van der Waals surface area contributed by atoms with E-state index in [-0.39, 0.29) is 23.6 Å². The van der Waals surface area contributed by atoms with Crippen LogP contribution >= 0.6 is 0 Å². The van der Waals surface area contributed by atoms with Crippen molar-refractivity contribution in [3.63, 3.8) is 0 Å². The molecule has 0 aliphatic carbocycles. The van der Waals surface area contributed by atoms with Crippen LogP contribution in [0.4, 0.5) is 15.8 Å². The van der Waals surface area contributed by atoms with Crippen molar-refractivity contribution in [3.8, 4) is 17.6 Å². The number of nitriles is 1. The van der Waals surface area contributed by atoms with E-state index in [4.69, 9.17) is 9.47 Å². The topological polar surface area (TPSA) is 114 Å². The van der Waals surface area contributed by atoms with Gasteiger partial charge in [-0.2, -0.15) is 5.26 Å². The maximum absolute atomic E-state index is 13.0. The molecule has 33 heavy (non-hydrogen) atoms. The SMILES string of the molecule is COc1cccc(C=C(C#N)c2cccc([N+](=O)[O-])c2)c1OCC(=O)Nc1ccc(F)cc1. The standard InChI is InChI=1S/C24H18FN3O5/c1-32-22-7-3-5-17(12-18(14-26)16-4-2-6-21(13-16)28(30)31)24(22)33-15-23(29)27-20-10-8-19(25)9-11-20/h2-13H,15H2,1H3,(H,27,29). The Morgan fingerprint density at radius 2 is 1.91 bits per heavy atom. The lowest BCUT2D eigenvalue weighted by atomic mass is 10.0. The fraction of sp³-hybridized carbons (Fsp3) is 0.0833. The Morgan fingerprint density at radius 1 is 1.18 bits per heavy atom. The molecule has 0 spiro atoms. The molecule has 0 bridgehead atoms. The van der Waals surface area contributed by atoms with Crippen molar-refractivity contribution in [1.82, 2.24) is 0 Å². The zero-order chi connectivity index (χ0) is 23.8. The van der Waals surface area contributed by atoms with Crippen LogP contribution in [0.2, 0.25) is 0 Å². The number of nitro benzene ring substituents is 1. The molecular weight excluding hydrogens is 429 g/mol. The summed E-state index contributed by atoms with van der Waals surface area (Å²) in [6.45, 7) is -0.378. The summed E-state index contributed by atoms with van der Waals surface area (Å²) in [6.07, 6.45) is 1.49. The number of hydrogen-bond acceptors (Lipinski definition) is 6. The monoisotopic (exact) mass is 447 g/mol. The number of ether oxygens (including phenoxy) is 2. The third-order valence-electron chi connectivity index (χ3n) is 4.49. The van der Waals surface area contributed by atoms with Crippen molar-refractivity contribution in [2.24, 2.45) is 0 Å². The highest BCUT2D eigenvalue weighted by atomic mass is 19.1. The summed E-state index contributed by atoms with van der Waals surface area (Å²) < 4.78 is 24.0. The molecule has 1 N–H and O–H groups in total. The highest BCUT2D eigenvalue weighted by molar-refractivity contribution is 5.93. The predicted octanol–water partition coefficient (Wildman–Crippen LogP) is 4.82. The first-order valence-corrected chi connectivity index (χ1v) is 9.63. The van der Waals surface area contributed by atoms with Crippen molar-refractivity contribution < 1.29 is 23.6 Å². The minimum atomic E-state index is -0.543. The van der Waals surface area contributed by atoms with Crippen LogP contribution in [-0.2, 0) is 4.79 Å². The first-order valence-electron chi connectivity index (χ1n) is 9.63. The van der Waals surface area contributed by atoms with E-state index in [9.17, 15) is 24.6 Å². The van der Waals surface area contributed by atoms with Gasteiger partial charge in [-0.25, -0.2) is 4.39 Å². The number of anilines is 1. The number of nitrogens with zero attached hydrogens (tertiary/aromatic N) is 2. The number of halogens is 1. The Balaban J connectivity index is 1.86. The first kappa shape index (κ1) is 23.0. The van der Waals surface area contributed by atoms with Crippen molar-refractivity contribution in [3.05, 3.63) is 93.8 Å². The molecule has 166 valence electrons. The van der Waals surface area contributed by atoms with Gasteiger partial charge in [-0.1, -0.05) is 24.3 Å². The van der Waals surface area contributed by atoms with Crippen molar-refractivity contribution in [2.45, 2.75) is 0 Å². The Bertz CT molecular complexity index is 1250. The smallest absolute Gasteiger partial charge is 0.270 e. The molecule has 1 amide bonds. The number of hydrogen-bond donors (Lipinski definition) is 1. The molecule has 3 aromatic carbocycles. The van der Waals surface area contributed by atoms with Gasteiger partial charge in [0.15, 0.2) is 18.1 Å². The maximum atomic E-state index is 13.0. The molecule has 9 heteroatoms. The number of allylic oxidation sites excluding steroid dienone is 1. The van der Waals surface area contributed by atoms with Crippen LogP contribution in [0.1, 0.15) is 11.1 Å². The molecule has 3 rings (SSSR count). The lowest BCUT2D eigenvalue weighted by Gasteiger charge is -2.14. The molecule has 3 aromatic rings. The molecule has 8 nitrogen and oxygen atoms in total. The number of amides is 1. The number of carbonyl (C=O) groups is 1. The normalized spacial score (nSPS) is 10.8. The van der Waals surface area contributed by atoms with Gasteiger partial charge >= 0.3 is 0 Å². The van der Waals surface area contributed by atoms with Gasteiger partial charge in [0.2, 0.25) is 0 Å². The van der Waals surface area contributed by atoms with Gasteiger partial charge in [-0.15, -0.1) is 0 Å². The number of para-hydroxylation sites is 1. The second-order valence-corrected chi connectivity index (χ2v) is 6.70. The van der Waals surface area contributed by atoms with Crippen LogP contribution < -0.4 is 14.8 Å². The van der Waals surface area contributed by atoms with Gasteiger partial charge in [-0.3, -0.25) is 14.9 Å². The van der Waals surface area contributed by atoms with E-state index in [1.165, 1.54) is 55.7 Å². The number of rotatable bonds is 8. The molecule has 0 atom stereocenters. The van der Waals surface area contributed by atoms with E-state index in [1.54, 1.807) is 24.3 Å². The Hall–Kier alpha value is -4.71. The van der Waals surface area contributed by atoms with Crippen molar-refractivity contribution >= 4 is 28.9 Å². The Kier molecular flexibility index (Phi) is 7.34. The molecule has 0 aromatic heterocycles. The third kappa shape index (κ3) is 5.92. The Labute approximate surface area is 188 Å². The summed E-state index contributed by atoms with van der Waals surface area (Å²) in [5.41, 5.74) is 1.21. The minimum absolute atomic E-state index is 0.145. The molecule has 0 radical (unpaired) electrons. The van der Waals surface area contributed by atoms with E-state index >= 15 is 0 Å². The van der Waals surface area contributed by atoms with E-state index in [1.807, 2.05) is 6.07 Å². The van der Waals surface area contributed by atoms with E-state index in [2.05, 4.69) is 5.32 Å². The molecule has 0 aliphatic heterocycles. The molecule has 0 heterocycles. The summed E-state index contributed by atoms with van der Waals surface area (Å²) in [5.74, 6) is -0.365. The van der Waals surface area contributed by atoms with Gasteiger partial charge < -0.3 is 14.8 Å². The second-order valence-electron chi connectivity index (χ2n) is 6.70. The molecular formula is C24H18FN3O5. The van der Waals surface area contributed by atoms with Crippen LogP contribution in [0.15, 0.2) is 66.7 Å². The maximum Gasteiger partial charge on any atom is 0.270 e. The highest BCUT2D eigenvalue weighted by Crippen LogP contribution is 2.34. The summed E-state index contributed by atoms with van der Waals surface area (Å²) in [5, 5.41) is 23.3. The lowest BCUT2D eigenvalue weighted by Crippen LogP contribution is -2.20. The number of carbonyl (C=O) groups excluding carboxylic acids is 1. The molecule has 0 saturated heterocycles. The van der Waals surface area contributed by atoms with Crippen molar-refractivity contribution in [1.29, 1.82) is 5.26 Å².